The quantitative estimate of drug-likeness (QED) is 0.844. The number of rotatable bonds is 6. The number of urea groups is 1. The van der Waals surface area contributed by atoms with Crippen LogP contribution >= 0.6 is 0 Å². The van der Waals surface area contributed by atoms with Crippen molar-refractivity contribution in [1.29, 1.82) is 0 Å². The van der Waals surface area contributed by atoms with Crippen LogP contribution in [-0.2, 0) is 0 Å². The molecular formula is C19H24N2O3. The lowest BCUT2D eigenvalue weighted by atomic mass is 10.0. The summed E-state index contributed by atoms with van der Waals surface area (Å²) in [6.07, 6.45) is 0. The molecule has 2 amide bonds. The van der Waals surface area contributed by atoms with Crippen LogP contribution in [0, 0.1) is 6.92 Å². The van der Waals surface area contributed by atoms with E-state index in [0.717, 1.165) is 5.56 Å². The number of hydrogen-bond acceptors (Lipinski definition) is 3. The summed E-state index contributed by atoms with van der Waals surface area (Å²) in [4.78, 5) is 12.2. The lowest BCUT2D eigenvalue weighted by molar-refractivity contribution is 0.251. The van der Waals surface area contributed by atoms with Crippen LogP contribution in [0.1, 0.15) is 24.0 Å². The molecule has 0 radical (unpaired) electrons. The molecule has 0 fully saturated rings. The molecule has 0 aliphatic carbocycles. The maximum atomic E-state index is 12.2. The van der Waals surface area contributed by atoms with Gasteiger partial charge in [-0.25, -0.2) is 4.79 Å². The number of carbonyl (C=O) groups excluding carboxylic acids is 1. The summed E-state index contributed by atoms with van der Waals surface area (Å²) in [5, 5.41) is 5.76. The molecule has 0 spiro atoms. The number of benzene rings is 2. The molecule has 2 rings (SSSR count). The maximum absolute atomic E-state index is 12.2. The first-order chi connectivity index (χ1) is 11.5. The second-order valence-electron chi connectivity index (χ2n) is 5.67. The Morgan fingerprint density at radius 3 is 2.33 bits per heavy atom. The summed E-state index contributed by atoms with van der Waals surface area (Å²) in [5.74, 6) is 1.46. The normalized spacial score (nSPS) is 11.5. The van der Waals surface area contributed by atoms with Crippen LogP contribution < -0.4 is 20.1 Å². The van der Waals surface area contributed by atoms with Crippen molar-refractivity contribution in [3.05, 3.63) is 53.6 Å². The molecule has 2 aromatic rings. The van der Waals surface area contributed by atoms with Gasteiger partial charge < -0.3 is 20.1 Å². The molecule has 128 valence electrons. The number of methoxy groups -OCH3 is 2. The Kier molecular flexibility index (Phi) is 6.07. The van der Waals surface area contributed by atoms with E-state index in [1.54, 1.807) is 20.3 Å². The number of carbonyl (C=O) groups is 1. The Morgan fingerprint density at radius 1 is 1.08 bits per heavy atom. The van der Waals surface area contributed by atoms with Crippen molar-refractivity contribution in [3.8, 4) is 11.5 Å². The smallest absolute Gasteiger partial charge is 0.319 e. The van der Waals surface area contributed by atoms with Crippen LogP contribution in [0.15, 0.2) is 42.5 Å². The van der Waals surface area contributed by atoms with Crippen molar-refractivity contribution in [2.75, 3.05) is 26.1 Å². The first kappa shape index (κ1) is 17.7. The number of anilines is 1. The lowest BCUT2D eigenvalue weighted by Crippen LogP contribution is -2.32. The predicted octanol–water partition coefficient (Wildman–Crippen LogP) is 3.94. The van der Waals surface area contributed by atoms with Gasteiger partial charge in [0.05, 0.1) is 14.2 Å². The fourth-order valence-electron chi connectivity index (χ4n) is 2.43. The van der Waals surface area contributed by atoms with Crippen LogP contribution in [-0.4, -0.2) is 26.8 Å². The Labute approximate surface area is 143 Å². The molecule has 5 nitrogen and oxygen atoms in total. The largest absolute Gasteiger partial charge is 0.493 e. The lowest BCUT2D eigenvalue weighted by Gasteiger charge is -2.16. The molecule has 0 saturated heterocycles. The second kappa shape index (κ2) is 8.24. The predicted molar refractivity (Wildman–Crippen MR) is 96.2 cm³/mol. The Hall–Kier alpha value is -2.69. The number of ether oxygens (including phenoxy) is 2. The molecule has 24 heavy (non-hydrogen) atoms. The van der Waals surface area contributed by atoms with E-state index in [9.17, 15) is 4.79 Å². The Morgan fingerprint density at radius 2 is 1.71 bits per heavy atom. The second-order valence-corrected chi connectivity index (χ2v) is 5.67. The third kappa shape index (κ3) is 4.41. The molecule has 0 aliphatic rings. The van der Waals surface area contributed by atoms with Crippen molar-refractivity contribution in [1.82, 2.24) is 5.32 Å². The van der Waals surface area contributed by atoms with Crippen LogP contribution in [0.5, 0.6) is 11.5 Å². The van der Waals surface area contributed by atoms with Gasteiger partial charge in [0, 0.05) is 18.3 Å². The highest BCUT2D eigenvalue weighted by molar-refractivity contribution is 5.90. The minimum Gasteiger partial charge on any atom is -0.493 e. The molecule has 0 unspecified atom stereocenters. The van der Waals surface area contributed by atoms with Gasteiger partial charge in [0.2, 0.25) is 0 Å². The summed E-state index contributed by atoms with van der Waals surface area (Å²) in [7, 11) is 3.15. The van der Waals surface area contributed by atoms with Crippen molar-refractivity contribution in [3.63, 3.8) is 0 Å². The van der Waals surface area contributed by atoms with Crippen LogP contribution in [0.25, 0.3) is 0 Å². The third-order valence-electron chi connectivity index (χ3n) is 3.92. The van der Waals surface area contributed by atoms with Gasteiger partial charge in [0.25, 0.3) is 0 Å². The van der Waals surface area contributed by atoms with E-state index >= 15 is 0 Å². The summed E-state index contributed by atoms with van der Waals surface area (Å²) < 4.78 is 10.5. The average molecular weight is 328 g/mol. The number of hydrogen-bond donors (Lipinski definition) is 2. The van der Waals surface area contributed by atoms with Crippen LogP contribution in [0.4, 0.5) is 10.5 Å². The molecule has 0 aliphatic heterocycles. The van der Waals surface area contributed by atoms with Crippen molar-refractivity contribution in [2.24, 2.45) is 0 Å². The first-order valence-electron chi connectivity index (χ1n) is 7.87. The van der Waals surface area contributed by atoms with Crippen molar-refractivity contribution < 1.29 is 14.3 Å². The van der Waals surface area contributed by atoms with Gasteiger partial charge in [0.15, 0.2) is 11.5 Å². The van der Waals surface area contributed by atoms with Gasteiger partial charge in [-0.05, 0) is 30.0 Å². The van der Waals surface area contributed by atoms with Gasteiger partial charge in [-0.2, -0.15) is 0 Å². The van der Waals surface area contributed by atoms with Crippen LogP contribution in [0.3, 0.4) is 0 Å². The van der Waals surface area contributed by atoms with E-state index in [-0.39, 0.29) is 11.9 Å². The first-order valence-corrected chi connectivity index (χ1v) is 7.87. The summed E-state index contributed by atoms with van der Waals surface area (Å²) in [5.41, 5.74) is 2.79. The SMILES string of the molecule is COc1cc(C)c(NC(=O)NC[C@H](C)c2ccccc2)cc1OC. The highest BCUT2D eigenvalue weighted by Crippen LogP contribution is 2.32. The number of aryl methyl sites for hydroxylation is 1. The molecule has 1 atom stereocenters. The summed E-state index contributed by atoms with van der Waals surface area (Å²) in [6, 6.07) is 13.4. The minimum atomic E-state index is -0.242. The number of nitrogens with one attached hydrogen (secondary N) is 2. The summed E-state index contributed by atoms with van der Waals surface area (Å²) >= 11 is 0. The maximum Gasteiger partial charge on any atom is 0.319 e. The zero-order valence-electron chi connectivity index (χ0n) is 14.6. The molecule has 0 aromatic heterocycles. The van der Waals surface area contributed by atoms with Gasteiger partial charge in [-0.1, -0.05) is 37.3 Å². The molecule has 0 bridgehead atoms. The highest BCUT2D eigenvalue weighted by atomic mass is 16.5. The zero-order chi connectivity index (χ0) is 17.5. The highest BCUT2D eigenvalue weighted by Gasteiger charge is 2.12. The Bertz CT molecular complexity index is 687. The molecule has 0 heterocycles. The molecule has 0 saturated carbocycles. The van der Waals surface area contributed by atoms with E-state index < -0.39 is 0 Å². The monoisotopic (exact) mass is 328 g/mol. The summed E-state index contributed by atoms with van der Waals surface area (Å²) in [6.45, 7) is 4.55. The minimum absolute atomic E-state index is 0.239. The van der Waals surface area contributed by atoms with E-state index in [0.29, 0.717) is 23.7 Å². The molecule has 2 aromatic carbocycles. The standard InChI is InChI=1S/C19H24N2O3/c1-13-10-17(23-3)18(24-4)11-16(13)21-19(22)20-12-14(2)15-8-6-5-7-9-15/h5-11,14H,12H2,1-4H3,(H2,20,21,22)/t14-/m0/s1. The van der Waals surface area contributed by atoms with E-state index in [1.165, 1.54) is 5.56 Å². The van der Waals surface area contributed by atoms with Gasteiger partial charge in [0.1, 0.15) is 0 Å². The van der Waals surface area contributed by atoms with Crippen molar-refractivity contribution >= 4 is 11.7 Å². The van der Waals surface area contributed by atoms with Crippen molar-refractivity contribution in [2.45, 2.75) is 19.8 Å². The fraction of sp³-hybridized carbons (Fsp3) is 0.316. The van der Waals surface area contributed by atoms with Gasteiger partial charge >= 0.3 is 6.03 Å². The van der Waals surface area contributed by atoms with E-state index in [1.807, 2.05) is 31.2 Å². The van der Waals surface area contributed by atoms with Gasteiger partial charge in [-0.3, -0.25) is 0 Å². The average Bonchev–Trinajstić information content (AvgIpc) is 2.61. The topological polar surface area (TPSA) is 59.6 Å². The zero-order valence-corrected chi connectivity index (χ0v) is 14.6. The van der Waals surface area contributed by atoms with Crippen LogP contribution in [0.2, 0.25) is 0 Å². The molecule has 5 heteroatoms. The van der Waals surface area contributed by atoms with E-state index in [2.05, 4.69) is 29.7 Å². The van der Waals surface area contributed by atoms with Gasteiger partial charge in [-0.15, -0.1) is 0 Å². The molecular weight excluding hydrogens is 304 g/mol. The van der Waals surface area contributed by atoms with E-state index in [4.69, 9.17) is 9.47 Å². The number of amides is 2. The Balaban J connectivity index is 1.97. The molecule has 2 N–H and O–H groups in total. The third-order valence-corrected chi connectivity index (χ3v) is 3.92. The fourth-order valence-corrected chi connectivity index (χ4v) is 2.43.